The van der Waals surface area contributed by atoms with Crippen LogP contribution >= 0.6 is 0 Å². The van der Waals surface area contributed by atoms with Crippen LogP contribution in [0.1, 0.15) is 89.1 Å². The molecule has 3 aromatic rings. The highest BCUT2D eigenvalue weighted by Gasteiger charge is 2.37. The molecule has 0 spiro atoms. The third kappa shape index (κ3) is 4.50. The van der Waals surface area contributed by atoms with Gasteiger partial charge in [-0.3, -0.25) is 9.59 Å². The number of ketones is 1. The van der Waals surface area contributed by atoms with Crippen molar-refractivity contribution >= 4 is 17.4 Å². The molecule has 1 aliphatic rings. The maximum absolute atomic E-state index is 13.4. The molecule has 0 bridgehead atoms. The Morgan fingerprint density at radius 2 is 1.33 bits per heavy atom. The van der Waals surface area contributed by atoms with Crippen molar-refractivity contribution in [2.24, 2.45) is 0 Å². The van der Waals surface area contributed by atoms with Crippen LogP contribution in [0.2, 0.25) is 0 Å². The second-order valence-corrected chi connectivity index (χ2v) is 10.7. The lowest BCUT2D eigenvalue weighted by Gasteiger charge is -2.42. The Hall–Kier alpha value is -3.20. The molecule has 3 nitrogen and oxygen atoms in total. The van der Waals surface area contributed by atoms with Gasteiger partial charge in [0.1, 0.15) is 0 Å². The number of aryl methyl sites for hydroxylation is 2. The molecule has 0 aromatic heterocycles. The van der Waals surface area contributed by atoms with E-state index in [4.69, 9.17) is 0 Å². The minimum Gasteiger partial charge on any atom is -0.322 e. The van der Waals surface area contributed by atoms with Crippen LogP contribution in [0.15, 0.2) is 60.7 Å². The first kappa shape index (κ1) is 23.0. The highest BCUT2D eigenvalue weighted by Crippen LogP contribution is 2.46. The lowest BCUT2D eigenvalue weighted by Crippen LogP contribution is -2.34. The zero-order valence-electron chi connectivity index (χ0n) is 20.5. The third-order valence-electron chi connectivity index (χ3n) is 7.13. The highest BCUT2D eigenvalue weighted by molar-refractivity contribution is 6.11. The van der Waals surface area contributed by atoms with E-state index in [1.54, 1.807) is 24.3 Å². The number of amides is 1. The molecule has 3 heteroatoms. The second kappa shape index (κ2) is 8.30. The molecule has 1 amide bonds. The zero-order valence-corrected chi connectivity index (χ0v) is 20.5. The van der Waals surface area contributed by atoms with Gasteiger partial charge in [-0.1, -0.05) is 58.0 Å². The largest absolute Gasteiger partial charge is 0.322 e. The molecular formula is C30H33NO2. The van der Waals surface area contributed by atoms with Gasteiger partial charge in [-0.05, 0) is 90.1 Å². The molecule has 0 heterocycles. The number of hydrogen-bond acceptors (Lipinski definition) is 2. The average molecular weight is 440 g/mol. The summed E-state index contributed by atoms with van der Waals surface area (Å²) in [5, 5.41) is 2.92. The van der Waals surface area contributed by atoms with E-state index < -0.39 is 0 Å². The van der Waals surface area contributed by atoms with Gasteiger partial charge in [0.05, 0.1) is 0 Å². The van der Waals surface area contributed by atoms with E-state index in [1.165, 1.54) is 11.1 Å². The highest BCUT2D eigenvalue weighted by atomic mass is 16.1. The fourth-order valence-corrected chi connectivity index (χ4v) is 4.82. The summed E-state index contributed by atoms with van der Waals surface area (Å²) < 4.78 is 0. The minimum atomic E-state index is -0.187. The van der Waals surface area contributed by atoms with Crippen LogP contribution in [0, 0.1) is 13.8 Å². The second-order valence-electron chi connectivity index (χ2n) is 10.7. The smallest absolute Gasteiger partial charge is 0.255 e. The molecule has 33 heavy (non-hydrogen) atoms. The fraction of sp³-hybridized carbons (Fsp3) is 0.333. The van der Waals surface area contributed by atoms with Crippen molar-refractivity contribution in [2.75, 3.05) is 5.32 Å². The standard InChI is InChI=1S/C30H33NO2/c1-19-8-7-9-23(16-19)31-28(33)22-12-10-21(11-13-22)27(32)24-18-26-25(17-20(24)2)29(3,4)14-15-30(26,5)6/h7-13,16-18H,14-15H2,1-6H3,(H,31,33). The van der Waals surface area contributed by atoms with Gasteiger partial charge in [-0.15, -0.1) is 0 Å². The van der Waals surface area contributed by atoms with Crippen LogP contribution in [-0.2, 0) is 10.8 Å². The Kier molecular flexibility index (Phi) is 5.78. The molecule has 3 aromatic carbocycles. The maximum atomic E-state index is 13.4. The van der Waals surface area contributed by atoms with Gasteiger partial charge >= 0.3 is 0 Å². The summed E-state index contributed by atoms with van der Waals surface area (Å²) >= 11 is 0. The van der Waals surface area contributed by atoms with Crippen molar-refractivity contribution in [1.29, 1.82) is 0 Å². The minimum absolute atomic E-state index is 0.000113. The van der Waals surface area contributed by atoms with Crippen molar-refractivity contribution in [3.05, 3.63) is 99.6 Å². The molecule has 1 N–H and O–H groups in total. The van der Waals surface area contributed by atoms with Crippen molar-refractivity contribution in [3.8, 4) is 0 Å². The number of carbonyl (C=O) groups is 2. The van der Waals surface area contributed by atoms with Crippen LogP contribution in [0.5, 0.6) is 0 Å². The Balaban J connectivity index is 1.61. The molecule has 0 saturated carbocycles. The van der Waals surface area contributed by atoms with Gasteiger partial charge in [0.25, 0.3) is 5.91 Å². The lowest BCUT2D eigenvalue weighted by molar-refractivity contribution is 0.101. The average Bonchev–Trinajstić information content (AvgIpc) is 2.76. The summed E-state index contributed by atoms with van der Waals surface area (Å²) in [5.74, 6) is -0.186. The molecule has 0 radical (unpaired) electrons. The predicted molar refractivity (Wildman–Crippen MR) is 135 cm³/mol. The molecule has 0 aliphatic heterocycles. The number of carbonyl (C=O) groups excluding carboxylic acids is 2. The molecule has 0 saturated heterocycles. The summed E-state index contributed by atoms with van der Waals surface area (Å²) in [5.41, 5.74) is 7.52. The summed E-state index contributed by atoms with van der Waals surface area (Å²) in [6, 6.07) is 19.0. The molecule has 1 aliphatic carbocycles. The first-order valence-electron chi connectivity index (χ1n) is 11.7. The SMILES string of the molecule is Cc1cccc(NC(=O)c2ccc(C(=O)c3cc4c(cc3C)C(C)(C)CCC4(C)C)cc2)c1. The van der Waals surface area contributed by atoms with E-state index in [2.05, 4.69) is 45.1 Å². The first-order chi connectivity index (χ1) is 15.5. The van der Waals surface area contributed by atoms with Crippen molar-refractivity contribution in [3.63, 3.8) is 0 Å². The molecular weight excluding hydrogens is 406 g/mol. The van der Waals surface area contributed by atoms with Gasteiger partial charge in [0.15, 0.2) is 5.78 Å². The molecule has 4 rings (SSSR count). The number of rotatable bonds is 4. The van der Waals surface area contributed by atoms with E-state index in [0.29, 0.717) is 11.1 Å². The number of fused-ring (bicyclic) bond motifs is 1. The Bertz CT molecular complexity index is 1230. The quantitative estimate of drug-likeness (QED) is 0.439. The van der Waals surface area contributed by atoms with Crippen molar-refractivity contribution in [2.45, 2.75) is 65.2 Å². The van der Waals surface area contributed by atoms with Gasteiger partial charge < -0.3 is 5.32 Å². The van der Waals surface area contributed by atoms with Crippen LogP contribution < -0.4 is 5.32 Å². The van der Waals surface area contributed by atoms with E-state index in [0.717, 1.165) is 35.2 Å². The van der Waals surface area contributed by atoms with Gasteiger partial charge in [0, 0.05) is 22.4 Å². The molecule has 170 valence electrons. The first-order valence-corrected chi connectivity index (χ1v) is 11.7. The van der Waals surface area contributed by atoms with E-state index >= 15 is 0 Å². The van der Waals surface area contributed by atoms with Crippen molar-refractivity contribution < 1.29 is 9.59 Å². The van der Waals surface area contributed by atoms with Crippen LogP contribution in [0.4, 0.5) is 5.69 Å². The monoisotopic (exact) mass is 439 g/mol. The third-order valence-corrected chi connectivity index (χ3v) is 7.13. The molecule has 0 unspecified atom stereocenters. The van der Waals surface area contributed by atoms with Gasteiger partial charge in [-0.2, -0.15) is 0 Å². The van der Waals surface area contributed by atoms with Crippen LogP contribution in [0.25, 0.3) is 0 Å². The zero-order chi connectivity index (χ0) is 24.0. The van der Waals surface area contributed by atoms with Crippen LogP contribution in [0.3, 0.4) is 0 Å². The lowest BCUT2D eigenvalue weighted by atomic mass is 9.62. The number of benzene rings is 3. The van der Waals surface area contributed by atoms with E-state index in [1.807, 2.05) is 38.1 Å². The number of hydrogen-bond donors (Lipinski definition) is 1. The van der Waals surface area contributed by atoms with Crippen molar-refractivity contribution in [1.82, 2.24) is 0 Å². The summed E-state index contributed by atoms with van der Waals surface area (Å²) in [6.07, 6.45) is 2.25. The Morgan fingerprint density at radius 3 is 1.94 bits per heavy atom. The van der Waals surface area contributed by atoms with Crippen LogP contribution in [-0.4, -0.2) is 11.7 Å². The summed E-state index contributed by atoms with van der Waals surface area (Å²) in [4.78, 5) is 26.1. The van der Waals surface area contributed by atoms with Gasteiger partial charge in [-0.25, -0.2) is 0 Å². The molecule has 0 atom stereocenters. The topological polar surface area (TPSA) is 46.2 Å². The Morgan fingerprint density at radius 1 is 0.758 bits per heavy atom. The summed E-state index contributed by atoms with van der Waals surface area (Å²) in [7, 11) is 0. The predicted octanol–water partition coefficient (Wildman–Crippen LogP) is 7.14. The van der Waals surface area contributed by atoms with Gasteiger partial charge in [0.2, 0.25) is 0 Å². The van der Waals surface area contributed by atoms with E-state index in [-0.39, 0.29) is 22.5 Å². The molecule has 0 fully saturated rings. The maximum Gasteiger partial charge on any atom is 0.255 e. The number of anilines is 1. The fourth-order valence-electron chi connectivity index (χ4n) is 4.82. The normalized spacial score (nSPS) is 16.1. The Labute approximate surface area is 197 Å². The number of nitrogens with one attached hydrogen (secondary N) is 1. The summed E-state index contributed by atoms with van der Waals surface area (Å²) in [6.45, 7) is 13.1. The van der Waals surface area contributed by atoms with E-state index in [9.17, 15) is 9.59 Å².